The third kappa shape index (κ3) is 5.71. The Bertz CT molecular complexity index is 366. The molecule has 0 atom stereocenters. The van der Waals surface area contributed by atoms with Gasteiger partial charge in [0.05, 0.1) is 0 Å². The minimum atomic E-state index is -2.43. The smallest absolute Gasteiger partial charge is 0.377 e. The topological polar surface area (TPSA) is 27.7 Å². The first kappa shape index (κ1) is 17.3. The quantitative estimate of drug-likeness (QED) is 0.486. The number of hydrogen-bond acceptors (Lipinski definition) is 3. The highest BCUT2D eigenvalue weighted by Crippen LogP contribution is 2.18. The van der Waals surface area contributed by atoms with E-state index in [1.165, 1.54) is 17.7 Å². The molecule has 0 bridgehead atoms. The lowest BCUT2D eigenvalue weighted by Gasteiger charge is -2.25. The Hall–Kier alpha value is -0.753. The molecule has 0 unspecified atom stereocenters. The first-order chi connectivity index (χ1) is 9.65. The molecule has 114 valence electrons. The van der Waals surface area contributed by atoms with Gasteiger partial charge in [0.2, 0.25) is 0 Å². The van der Waals surface area contributed by atoms with Crippen LogP contribution in [0.4, 0.5) is 4.39 Å². The standard InChI is InChI=1S/C15H25FO3Si/c1-4-19-20(17-2,18-3)13-7-5-6-8-14-9-11-15(16)12-10-14/h9-12H,4-8,13H2,1-3H3. The Morgan fingerprint density at radius 1 is 1.00 bits per heavy atom. The summed E-state index contributed by atoms with van der Waals surface area (Å²) in [4.78, 5) is 0. The molecule has 1 rings (SSSR count). The molecule has 1 aromatic carbocycles. The molecule has 0 aromatic heterocycles. The molecule has 0 fully saturated rings. The molecule has 0 spiro atoms. The predicted molar refractivity (Wildman–Crippen MR) is 80.2 cm³/mol. The molecule has 20 heavy (non-hydrogen) atoms. The molecule has 0 N–H and O–H groups in total. The normalized spacial score (nSPS) is 11.8. The molecule has 0 saturated heterocycles. The van der Waals surface area contributed by atoms with Crippen LogP contribution in [0, 0.1) is 5.82 Å². The highest BCUT2D eigenvalue weighted by Gasteiger charge is 2.37. The molecule has 0 aliphatic carbocycles. The fourth-order valence-electron chi connectivity index (χ4n) is 2.20. The van der Waals surface area contributed by atoms with Gasteiger partial charge in [-0.05, 0) is 43.9 Å². The van der Waals surface area contributed by atoms with E-state index in [1.54, 1.807) is 14.2 Å². The maximum atomic E-state index is 12.8. The fourth-order valence-corrected chi connectivity index (χ4v) is 4.27. The lowest BCUT2D eigenvalue weighted by atomic mass is 10.1. The van der Waals surface area contributed by atoms with Gasteiger partial charge in [-0.2, -0.15) is 0 Å². The third-order valence-corrected chi connectivity index (χ3v) is 6.29. The van der Waals surface area contributed by atoms with Crippen molar-refractivity contribution in [2.75, 3.05) is 20.8 Å². The lowest BCUT2D eigenvalue weighted by Crippen LogP contribution is -2.43. The molecule has 0 amide bonds. The van der Waals surface area contributed by atoms with Crippen molar-refractivity contribution < 1.29 is 17.7 Å². The van der Waals surface area contributed by atoms with Crippen LogP contribution in [-0.4, -0.2) is 29.6 Å². The van der Waals surface area contributed by atoms with Gasteiger partial charge in [0, 0.05) is 26.9 Å². The Morgan fingerprint density at radius 2 is 1.65 bits per heavy atom. The summed E-state index contributed by atoms with van der Waals surface area (Å²) in [6, 6.07) is 7.56. The number of unbranched alkanes of at least 4 members (excludes halogenated alkanes) is 2. The minimum Gasteiger partial charge on any atom is -0.377 e. The molecule has 0 saturated carbocycles. The molecule has 5 heteroatoms. The average molecular weight is 300 g/mol. The minimum absolute atomic E-state index is 0.179. The summed E-state index contributed by atoms with van der Waals surface area (Å²) in [6.07, 6.45) is 4.17. The summed E-state index contributed by atoms with van der Waals surface area (Å²) >= 11 is 0. The van der Waals surface area contributed by atoms with Crippen LogP contribution in [0.2, 0.25) is 6.04 Å². The molecular weight excluding hydrogens is 275 g/mol. The van der Waals surface area contributed by atoms with Crippen molar-refractivity contribution in [1.29, 1.82) is 0 Å². The van der Waals surface area contributed by atoms with Crippen LogP contribution >= 0.6 is 0 Å². The summed E-state index contributed by atoms with van der Waals surface area (Å²) in [6.45, 7) is 2.57. The zero-order valence-corrected chi connectivity index (χ0v) is 13.7. The van der Waals surface area contributed by atoms with Gasteiger partial charge in [0.1, 0.15) is 5.82 Å². The Morgan fingerprint density at radius 3 is 2.20 bits per heavy atom. The van der Waals surface area contributed by atoms with Crippen molar-refractivity contribution in [2.24, 2.45) is 0 Å². The maximum Gasteiger partial charge on any atom is 0.500 e. The SMILES string of the molecule is CCO[Si](CCCCCc1ccc(F)cc1)(OC)OC. The highest BCUT2D eigenvalue weighted by atomic mass is 28.4. The van der Waals surface area contributed by atoms with Crippen molar-refractivity contribution in [2.45, 2.75) is 38.7 Å². The van der Waals surface area contributed by atoms with E-state index >= 15 is 0 Å². The molecule has 0 aliphatic rings. The van der Waals surface area contributed by atoms with Crippen LogP contribution in [0.3, 0.4) is 0 Å². The number of halogens is 1. The first-order valence-electron chi connectivity index (χ1n) is 7.14. The number of benzene rings is 1. The van der Waals surface area contributed by atoms with Gasteiger partial charge >= 0.3 is 8.80 Å². The largest absolute Gasteiger partial charge is 0.500 e. The Balaban J connectivity index is 2.25. The summed E-state index contributed by atoms with van der Waals surface area (Å²) in [5.41, 5.74) is 1.18. The number of aryl methyl sites for hydroxylation is 1. The molecule has 0 aliphatic heterocycles. The van der Waals surface area contributed by atoms with Gasteiger partial charge < -0.3 is 13.3 Å². The molecule has 0 heterocycles. The van der Waals surface area contributed by atoms with E-state index in [4.69, 9.17) is 13.3 Å². The summed E-state index contributed by atoms with van der Waals surface area (Å²) < 4.78 is 29.3. The van der Waals surface area contributed by atoms with Gasteiger partial charge in [-0.1, -0.05) is 18.6 Å². The Kier molecular flexibility index (Phi) is 7.99. The van der Waals surface area contributed by atoms with Crippen molar-refractivity contribution in [3.63, 3.8) is 0 Å². The summed E-state index contributed by atoms with van der Waals surface area (Å²) in [7, 11) is 0.884. The molecular formula is C15H25FO3Si. The summed E-state index contributed by atoms with van der Waals surface area (Å²) in [5, 5.41) is 0. The van der Waals surface area contributed by atoms with E-state index in [0.29, 0.717) is 6.61 Å². The van der Waals surface area contributed by atoms with Crippen LogP contribution in [0.25, 0.3) is 0 Å². The van der Waals surface area contributed by atoms with E-state index in [9.17, 15) is 4.39 Å². The third-order valence-electron chi connectivity index (χ3n) is 3.35. The monoisotopic (exact) mass is 300 g/mol. The van der Waals surface area contributed by atoms with Crippen molar-refractivity contribution in [3.05, 3.63) is 35.6 Å². The van der Waals surface area contributed by atoms with E-state index in [-0.39, 0.29) is 5.82 Å². The molecule has 0 radical (unpaired) electrons. The molecule has 3 nitrogen and oxygen atoms in total. The van der Waals surface area contributed by atoms with Crippen molar-refractivity contribution in [1.82, 2.24) is 0 Å². The van der Waals surface area contributed by atoms with Gasteiger partial charge in [0.25, 0.3) is 0 Å². The van der Waals surface area contributed by atoms with Gasteiger partial charge in [0.15, 0.2) is 0 Å². The number of hydrogen-bond donors (Lipinski definition) is 0. The van der Waals surface area contributed by atoms with E-state index in [2.05, 4.69) is 0 Å². The van der Waals surface area contributed by atoms with E-state index in [1.807, 2.05) is 19.1 Å². The zero-order chi connectivity index (χ0) is 14.8. The van der Waals surface area contributed by atoms with E-state index < -0.39 is 8.80 Å². The van der Waals surface area contributed by atoms with Crippen molar-refractivity contribution in [3.8, 4) is 0 Å². The fraction of sp³-hybridized carbons (Fsp3) is 0.600. The van der Waals surface area contributed by atoms with Gasteiger partial charge in [-0.15, -0.1) is 0 Å². The first-order valence-corrected chi connectivity index (χ1v) is 9.07. The van der Waals surface area contributed by atoms with Crippen LogP contribution in [-0.2, 0) is 19.7 Å². The maximum absolute atomic E-state index is 12.8. The molecule has 1 aromatic rings. The van der Waals surface area contributed by atoms with E-state index in [0.717, 1.165) is 31.7 Å². The lowest BCUT2D eigenvalue weighted by molar-refractivity contribution is 0.103. The van der Waals surface area contributed by atoms with Gasteiger partial charge in [-0.3, -0.25) is 0 Å². The number of rotatable bonds is 10. The van der Waals surface area contributed by atoms with Crippen LogP contribution < -0.4 is 0 Å². The van der Waals surface area contributed by atoms with Crippen LogP contribution in [0.5, 0.6) is 0 Å². The predicted octanol–water partition coefficient (Wildman–Crippen LogP) is 3.81. The van der Waals surface area contributed by atoms with Crippen LogP contribution in [0.15, 0.2) is 24.3 Å². The second-order valence-corrected chi connectivity index (χ2v) is 7.68. The van der Waals surface area contributed by atoms with Crippen LogP contribution in [0.1, 0.15) is 31.7 Å². The summed E-state index contributed by atoms with van der Waals surface area (Å²) in [5.74, 6) is -0.179. The zero-order valence-electron chi connectivity index (χ0n) is 12.7. The Labute approximate surface area is 122 Å². The average Bonchev–Trinajstić information content (AvgIpc) is 2.48. The van der Waals surface area contributed by atoms with Crippen molar-refractivity contribution >= 4 is 8.80 Å². The second-order valence-electron chi connectivity index (χ2n) is 4.71. The second kappa shape index (κ2) is 9.23. The van der Waals surface area contributed by atoms with Gasteiger partial charge in [-0.25, -0.2) is 4.39 Å². The highest BCUT2D eigenvalue weighted by molar-refractivity contribution is 6.60.